The summed E-state index contributed by atoms with van der Waals surface area (Å²) < 4.78 is 2.79. The molecule has 0 aliphatic heterocycles. The first-order valence-corrected chi connectivity index (χ1v) is 7.19. The molecule has 9 heteroatoms. The third-order valence-corrected chi connectivity index (χ3v) is 3.87. The Morgan fingerprint density at radius 1 is 1.33 bits per heavy atom. The highest BCUT2D eigenvalue weighted by Crippen LogP contribution is 2.22. The lowest BCUT2D eigenvalue weighted by Gasteiger charge is -2.07. The molecule has 2 N–H and O–H groups in total. The first-order valence-electron chi connectivity index (χ1n) is 7.19. The summed E-state index contributed by atoms with van der Waals surface area (Å²) in [6.45, 7) is 1.42. The summed E-state index contributed by atoms with van der Waals surface area (Å²) in [5.41, 5.74) is 1.60. The zero-order valence-electron chi connectivity index (χ0n) is 12.5. The second kappa shape index (κ2) is 5.01. The minimum atomic E-state index is -1.12. The predicted octanol–water partition coefficient (Wildman–Crippen LogP) is 1.08. The summed E-state index contributed by atoms with van der Waals surface area (Å²) in [7, 11) is 0. The van der Waals surface area contributed by atoms with Gasteiger partial charge in [-0.1, -0.05) is 6.07 Å². The Morgan fingerprint density at radius 3 is 2.96 bits per heavy atom. The van der Waals surface area contributed by atoms with Gasteiger partial charge in [0.1, 0.15) is 11.6 Å². The van der Waals surface area contributed by atoms with E-state index < -0.39 is 17.7 Å². The van der Waals surface area contributed by atoms with Gasteiger partial charge in [-0.2, -0.15) is 5.10 Å². The number of carboxylic acids is 1. The Balaban J connectivity index is 1.97. The number of fused-ring (bicyclic) bond motifs is 2. The molecule has 0 saturated heterocycles. The van der Waals surface area contributed by atoms with Crippen LogP contribution in [0.2, 0.25) is 0 Å². The number of H-pyrrole nitrogens is 1. The molecule has 120 valence electrons. The minimum Gasteiger partial charge on any atom is -0.480 e. The monoisotopic (exact) mass is 324 g/mol. The van der Waals surface area contributed by atoms with Gasteiger partial charge in [0.2, 0.25) is 0 Å². The molecular weight excluding hydrogens is 312 g/mol. The van der Waals surface area contributed by atoms with Crippen molar-refractivity contribution in [1.82, 2.24) is 29.1 Å². The Labute approximate surface area is 134 Å². The van der Waals surface area contributed by atoms with E-state index in [9.17, 15) is 14.7 Å². The SMILES string of the molecule is C[C@@H](C(=O)O)n1c(=O)[nH]c2cnc(-c3cnn4ccccc34)nc21. The quantitative estimate of drug-likeness (QED) is 0.582. The average Bonchev–Trinajstić information content (AvgIpc) is 3.13. The number of aliphatic carboxylic acids is 1. The fraction of sp³-hybridized carbons (Fsp3) is 0.133. The van der Waals surface area contributed by atoms with Crippen molar-refractivity contribution < 1.29 is 9.90 Å². The van der Waals surface area contributed by atoms with Gasteiger partial charge in [-0.25, -0.2) is 24.1 Å². The number of aromatic amines is 1. The highest BCUT2D eigenvalue weighted by molar-refractivity contribution is 5.80. The maximum atomic E-state index is 12.1. The summed E-state index contributed by atoms with van der Waals surface area (Å²) in [6.07, 6.45) is 4.90. The summed E-state index contributed by atoms with van der Waals surface area (Å²) in [6, 6.07) is 4.56. The Kier molecular flexibility index (Phi) is 2.95. The summed E-state index contributed by atoms with van der Waals surface area (Å²) in [5.74, 6) is -0.747. The number of hydrogen-bond acceptors (Lipinski definition) is 5. The summed E-state index contributed by atoms with van der Waals surface area (Å²) >= 11 is 0. The number of pyridine rings is 1. The topological polar surface area (TPSA) is 118 Å². The van der Waals surface area contributed by atoms with Gasteiger partial charge < -0.3 is 10.1 Å². The van der Waals surface area contributed by atoms with E-state index in [0.29, 0.717) is 16.9 Å². The molecule has 24 heavy (non-hydrogen) atoms. The first-order chi connectivity index (χ1) is 11.6. The summed E-state index contributed by atoms with van der Waals surface area (Å²) in [5, 5.41) is 13.4. The zero-order chi connectivity index (χ0) is 16.8. The van der Waals surface area contributed by atoms with Crippen molar-refractivity contribution in [3.05, 3.63) is 47.3 Å². The molecule has 0 fully saturated rings. The number of imidazole rings is 1. The normalized spacial score (nSPS) is 12.7. The maximum absolute atomic E-state index is 12.1. The molecule has 0 amide bonds. The number of rotatable bonds is 3. The van der Waals surface area contributed by atoms with E-state index in [2.05, 4.69) is 20.1 Å². The molecule has 0 spiro atoms. The highest BCUT2D eigenvalue weighted by atomic mass is 16.4. The van der Waals surface area contributed by atoms with Crippen molar-refractivity contribution in [3.63, 3.8) is 0 Å². The fourth-order valence-electron chi connectivity index (χ4n) is 2.62. The molecule has 0 radical (unpaired) electrons. The highest BCUT2D eigenvalue weighted by Gasteiger charge is 2.21. The smallest absolute Gasteiger partial charge is 0.328 e. The van der Waals surface area contributed by atoms with Crippen LogP contribution >= 0.6 is 0 Å². The van der Waals surface area contributed by atoms with E-state index in [0.717, 1.165) is 10.1 Å². The van der Waals surface area contributed by atoms with E-state index in [1.807, 2.05) is 18.2 Å². The van der Waals surface area contributed by atoms with E-state index in [1.165, 1.54) is 13.1 Å². The molecule has 0 aliphatic rings. The Hall–Kier alpha value is -3.49. The maximum Gasteiger partial charge on any atom is 0.328 e. The predicted molar refractivity (Wildman–Crippen MR) is 84.7 cm³/mol. The fourth-order valence-corrected chi connectivity index (χ4v) is 2.62. The van der Waals surface area contributed by atoms with Gasteiger partial charge in [-0.05, 0) is 19.1 Å². The Bertz CT molecular complexity index is 1140. The van der Waals surface area contributed by atoms with Crippen LogP contribution in [0.5, 0.6) is 0 Å². The molecule has 4 aromatic rings. The van der Waals surface area contributed by atoms with Crippen LogP contribution in [-0.4, -0.2) is 40.2 Å². The molecule has 0 aromatic carbocycles. The molecule has 4 heterocycles. The van der Waals surface area contributed by atoms with Gasteiger partial charge in [-0.15, -0.1) is 0 Å². The average molecular weight is 324 g/mol. The molecule has 4 aromatic heterocycles. The molecule has 1 atom stereocenters. The molecule has 0 bridgehead atoms. The van der Waals surface area contributed by atoms with E-state index in [1.54, 1.807) is 16.9 Å². The third-order valence-electron chi connectivity index (χ3n) is 3.87. The van der Waals surface area contributed by atoms with Crippen LogP contribution in [0.15, 0.2) is 41.6 Å². The Morgan fingerprint density at radius 2 is 2.17 bits per heavy atom. The molecular formula is C15H12N6O3. The molecule has 0 aliphatic carbocycles. The van der Waals surface area contributed by atoms with Gasteiger partial charge in [-0.3, -0.25) is 4.57 Å². The van der Waals surface area contributed by atoms with Crippen molar-refractivity contribution in [2.45, 2.75) is 13.0 Å². The number of nitrogens with one attached hydrogen (secondary N) is 1. The lowest BCUT2D eigenvalue weighted by atomic mass is 10.2. The largest absolute Gasteiger partial charge is 0.480 e. The lowest BCUT2D eigenvalue weighted by Crippen LogP contribution is -2.26. The zero-order valence-corrected chi connectivity index (χ0v) is 12.5. The van der Waals surface area contributed by atoms with E-state index >= 15 is 0 Å². The van der Waals surface area contributed by atoms with E-state index in [-0.39, 0.29) is 5.65 Å². The third kappa shape index (κ3) is 1.98. The molecule has 4 rings (SSSR count). The van der Waals surface area contributed by atoms with Gasteiger partial charge in [0, 0.05) is 6.20 Å². The van der Waals surface area contributed by atoms with Gasteiger partial charge in [0.25, 0.3) is 0 Å². The molecule has 0 unspecified atom stereocenters. The van der Waals surface area contributed by atoms with Crippen LogP contribution in [0.3, 0.4) is 0 Å². The van der Waals surface area contributed by atoms with Crippen LogP contribution in [0.1, 0.15) is 13.0 Å². The number of hydrogen-bond donors (Lipinski definition) is 2. The standard InChI is InChI=1S/C15H12N6O3/c1-8(14(22)23)21-13-10(18-15(21)24)7-16-12(19-13)9-6-17-20-5-3-2-4-11(9)20/h2-8H,1H3,(H,18,24)(H,22,23)/t8-/m0/s1. The number of aromatic nitrogens is 6. The van der Waals surface area contributed by atoms with Gasteiger partial charge >= 0.3 is 11.7 Å². The van der Waals surface area contributed by atoms with Gasteiger partial charge in [0.05, 0.1) is 23.5 Å². The van der Waals surface area contributed by atoms with E-state index in [4.69, 9.17) is 0 Å². The second-order valence-corrected chi connectivity index (χ2v) is 5.33. The number of carboxylic acid groups (broad SMARTS) is 1. The van der Waals surface area contributed by atoms with Crippen molar-refractivity contribution in [1.29, 1.82) is 0 Å². The number of carbonyl (C=O) groups is 1. The van der Waals surface area contributed by atoms with Crippen molar-refractivity contribution in [2.24, 2.45) is 0 Å². The lowest BCUT2D eigenvalue weighted by molar-refractivity contribution is -0.140. The van der Waals surface area contributed by atoms with Gasteiger partial charge in [0.15, 0.2) is 11.5 Å². The minimum absolute atomic E-state index is 0.246. The van der Waals surface area contributed by atoms with Crippen molar-refractivity contribution in [2.75, 3.05) is 0 Å². The van der Waals surface area contributed by atoms with Crippen LogP contribution < -0.4 is 5.69 Å². The van der Waals surface area contributed by atoms with Crippen LogP contribution in [0, 0.1) is 0 Å². The van der Waals surface area contributed by atoms with Crippen LogP contribution in [0.25, 0.3) is 28.1 Å². The van der Waals surface area contributed by atoms with Crippen LogP contribution in [0.4, 0.5) is 0 Å². The number of nitrogens with zero attached hydrogens (tertiary/aromatic N) is 5. The van der Waals surface area contributed by atoms with Crippen molar-refractivity contribution >= 4 is 22.6 Å². The summed E-state index contributed by atoms with van der Waals surface area (Å²) in [4.78, 5) is 34.5. The first kappa shape index (κ1) is 14.1. The second-order valence-electron chi connectivity index (χ2n) is 5.33. The molecule has 9 nitrogen and oxygen atoms in total. The molecule has 0 saturated carbocycles. The van der Waals surface area contributed by atoms with Crippen LogP contribution in [-0.2, 0) is 4.79 Å². The van der Waals surface area contributed by atoms with Crippen molar-refractivity contribution in [3.8, 4) is 11.4 Å².